The third kappa shape index (κ3) is 2.73. The van der Waals surface area contributed by atoms with Gasteiger partial charge in [0.15, 0.2) is 0 Å². The molecule has 19 heavy (non-hydrogen) atoms. The van der Waals surface area contributed by atoms with Gasteiger partial charge in [0, 0.05) is 16.0 Å². The van der Waals surface area contributed by atoms with Gasteiger partial charge in [0.1, 0.15) is 0 Å². The van der Waals surface area contributed by atoms with E-state index in [1.54, 1.807) is 25.3 Å². The molecule has 0 saturated carbocycles. The minimum Gasteiger partial charge on any atom is -0.481 e. The maximum Gasteiger partial charge on any atom is 0.308 e. The van der Waals surface area contributed by atoms with Gasteiger partial charge in [-0.25, -0.2) is 0 Å². The molecule has 96 valence electrons. The SMILES string of the molecule is Cc1c(CC(=O)O)sc(-c2ccccn2)c1N=[N+]=[N-]. The van der Waals surface area contributed by atoms with Gasteiger partial charge in [-0.1, -0.05) is 11.2 Å². The first-order valence-electron chi connectivity index (χ1n) is 5.44. The first kappa shape index (κ1) is 13.1. The number of aliphatic carboxylic acids is 1. The molecule has 2 heterocycles. The second kappa shape index (κ2) is 5.51. The highest BCUT2D eigenvalue weighted by Crippen LogP contribution is 2.41. The maximum atomic E-state index is 10.8. The van der Waals surface area contributed by atoms with Gasteiger partial charge in [0.2, 0.25) is 0 Å². The molecule has 0 radical (unpaired) electrons. The van der Waals surface area contributed by atoms with Crippen LogP contribution < -0.4 is 0 Å². The lowest BCUT2D eigenvalue weighted by atomic mass is 10.1. The topological polar surface area (TPSA) is 99.0 Å². The third-order valence-electron chi connectivity index (χ3n) is 2.57. The van der Waals surface area contributed by atoms with E-state index in [-0.39, 0.29) is 6.42 Å². The summed E-state index contributed by atoms with van der Waals surface area (Å²) in [6, 6.07) is 5.41. The average molecular weight is 274 g/mol. The first-order valence-corrected chi connectivity index (χ1v) is 6.25. The smallest absolute Gasteiger partial charge is 0.308 e. The first-order chi connectivity index (χ1) is 9.13. The largest absolute Gasteiger partial charge is 0.481 e. The highest BCUT2D eigenvalue weighted by Gasteiger charge is 2.17. The summed E-state index contributed by atoms with van der Waals surface area (Å²) in [6.07, 6.45) is 1.55. The Bertz CT molecular complexity index is 660. The molecule has 0 aliphatic heterocycles. The Kier molecular flexibility index (Phi) is 3.79. The van der Waals surface area contributed by atoms with Crippen molar-refractivity contribution in [1.82, 2.24) is 4.98 Å². The van der Waals surface area contributed by atoms with Crippen LogP contribution in [0, 0.1) is 6.92 Å². The third-order valence-corrected chi connectivity index (χ3v) is 3.87. The Morgan fingerprint density at radius 2 is 2.37 bits per heavy atom. The Morgan fingerprint density at radius 1 is 1.58 bits per heavy atom. The van der Waals surface area contributed by atoms with Gasteiger partial charge in [-0.15, -0.1) is 11.3 Å². The van der Waals surface area contributed by atoms with Gasteiger partial charge in [-0.2, -0.15) is 0 Å². The molecule has 0 bridgehead atoms. The molecular weight excluding hydrogens is 264 g/mol. The van der Waals surface area contributed by atoms with E-state index in [0.29, 0.717) is 26.7 Å². The summed E-state index contributed by atoms with van der Waals surface area (Å²) in [5.41, 5.74) is 10.5. The predicted octanol–water partition coefficient (Wildman–Crippen LogP) is 3.69. The number of pyridine rings is 1. The Labute approximate surface area is 113 Å². The number of rotatable bonds is 4. The summed E-state index contributed by atoms with van der Waals surface area (Å²) in [5.74, 6) is -0.913. The zero-order chi connectivity index (χ0) is 13.8. The normalized spacial score (nSPS) is 9.95. The monoisotopic (exact) mass is 274 g/mol. The van der Waals surface area contributed by atoms with Crippen molar-refractivity contribution in [1.29, 1.82) is 0 Å². The molecule has 1 N–H and O–H groups in total. The van der Waals surface area contributed by atoms with Crippen molar-refractivity contribution >= 4 is 23.0 Å². The summed E-state index contributed by atoms with van der Waals surface area (Å²) < 4.78 is 0. The molecule has 2 aromatic heterocycles. The van der Waals surface area contributed by atoms with Crippen LogP contribution in [0.5, 0.6) is 0 Å². The molecule has 0 fully saturated rings. The van der Waals surface area contributed by atoms with Crippen LogP contribution >= 0.6 is 11.3 Å². The van der Waals surface area contributed by atoms with E-state index < -0.39 is 5.97 Å². The predicted molar refractivity (Wildman–Crippen MR) is 72.4 cm³/mol. The van der Waals surface area contributed by atoms with E-state index in [1.807, 2.05) is 6.07 Å². The summed E-state index contributed by atoms with van der Waals surface area (Å²) in [5, 5.41) is 12.5. The van der Waals surface area contributed by atoms with Crippen molar-refractivity contribution in [2.24, 2.45) is 5.11 Å². The summed E-state index contributed by atoms with van der Waals surface area (Å²) >= 11 is 1.30. The number of azide groups is 1. The lowest BCUT2D eigenvalue weighted by molar-refractivity contribution is -0.136. The van der Waals surface area contributed by atoms with E-state index in [4.69, 9.17) is 10.6 Å². The molecule has 0 aliphatic carbocycles. The number of aromatic nitrogens is 1. The van der Waals surface area contributed by atoms with Crippen LogP contribution in [-0.4, -0.2) is 16.1 Å². The number of thiophene rings is 1. The molecule has 0 atom stereocenters. The Morgan fingerprint density at radius 3 is 2.95 bits per heavy atom. The van der Waals surface area contributed by atoms with Crippen LogP contribution in [0.4, 0.5) is 5.69 Å². The molecule has 0 spiro atoms. The number of hydrogen-bond donors (Lipinski definition) is 1. The fourth-order valence-corrected chi connectivity index (χ4v) is 2.90. The van der Waals surface area contributed by atoms with Crippen LogP contribution in [-0.2, 0) is 11.2 Å². The number of carbonyl (C=O) groups is 1. The standard InChI is InChI=1S/C12H10N4O2S/c1-7-9(6-10(17)18)19-12(11(7)15-16-13)8-4-2-3-5-14-8/h2-5H,6H2,1H3,(H,17,18). The average Bonchev–Trinajstić information content (AvgIpc) is 2.69. The van der Waals surface area contributed by atoms with Gasteiger partial charge >= 0.3 is 5.97 Å². The number of hydrogen-bond acceptors (Lipinski definition) is 4. The second-order valence-electron chi connectivity index (χ2n) is 3.80. The molecule has 6 nitrogen and oxygen atoms in total. The van der Waals surface area contributed by atoms with Gasteiger partial charge in [-0.3, -0.25) is 9.78 Å². The van der Waals surface area contributed by atoms with Crippen molar-refractivity contribution in [2.45, 2.75) is 13.3 Å². The fraction of sp³-hybridized carbons (Fsp3) is 0.167. The van der Waals surface area contributed by atoms with Crippen LogP contribution in [0.1, 0.15) is 10.4 Å². The molecule has 0 aromatic carbocycles. The lowest BCUT2D eigenvalue weighted by Crippen LogP contribution is -1.98. The molecular formula is C12H10N4O2S. The molecule has 0 amide bonds. The van der Waals surface area contributed by atoms with Crippen LogP contribution in [0.3, 0.4) is 0 Å². The van der Waals surface area contributed by atoms with Gasteiger partial charge < -0.3 is 5.11 Å². The fourth-order valence-electron chi connectivity index (χ4n) is 1.69. The minimum absolute atomic E-state index is 0.0860. The van der Waals surface area contributed by atoms with Crippen LogP contribution in [0.15, 0.2) is 29.5 Å². The quantitative estimate of drug-likeness (QED) is 0.522. The van der Waals surface area contributed by atoms with E-state index in [1.165, 1.54) is 11.3 Å². The second-order valence-corrected chi connectivity index (χ2v) is 4.91. The summed E-state index contributed by atoms with van der Waals surface area (Å²) in [4.78, 5) is 19.2. The van der Waals surface area contributed by atoms with Crippen molar-refractivity contribution < 1.29 is 9.90 Å². The van der Waals surface area contributed by atoms with Crippen molar-refractivity contribution in [2.75, 3.05) is 0 Å². The number of carboxylic acid groups (broad SMARTS) is 1. The van der Waals surface area contributed by atoms with Gasteiger partial charge in [0.05, 0.1) is 22.7 Å². The Hall–Kier alpha value is -2.37. The van der Waals surface area contributed by atoms with Gasteiger partial charge in [-0.05, 0) is 30.2 Å². The lowest BCUT2D eigenvalue weighted by Gasteiger charge is -1.97. The highest BCUT2D eigenvalue weighted by atomic mass is 32.1. The maximum absolute atomic E-state index is 10.8. The highest BCUT2D eigenvalue weighted by molar-refractivity contribution is 7.16. The molecule has 0 saturated heterocycles. The summed E-state index contributed by atoms with van der Waals surface area (Å²) in [6.45, 7) is 1.76. The van der Waals surface area contributed by atoms with Crippen LogP contribution in [0.25, 0.3) is 21.0 Å². The molecule has 2 rings (SSSR count). The van der Waals surface area contributed by atoms with Crippen LogP contribution in [0.2, 0.25) is 0 Å². The molecule has 0 unspecified atom stereocenters. The zero-order valence-electron chi connectivity index (χ0n) is 10.1. The van der Waals surface area contributed by atoms with Gasteiger partial charge in [0.25, 0.3) is 0 Å². The van der Waals surface area contributed by atoms with Crippen molar-refractivity contribution in [3.63, 3.8) is 0 Å². The number of carboxylic acids is 1. The molecule has 7 heteroatoms. The van der Waals surface area contributed by atoms with E-state index in [2.05, 4.69) is 15.0 Å². The molecule has 0 aliphatic rings. The van der Waals surface area contributed by atoms with Crippen molar-refractivity contribution in [3.05, 3.63) is 45.3 Å². The van der Waals surface area contributed by atoms with E-state index in [0.717, 1.165) is 0 Å². The van der Waals surface area contributed by atoms with Crippen molar-refractivity contribution in [3.8, 4) is 10.6 Å². The van der Waals surface area contributed by atoms with E-state index in [9.17, 15) is 4.79 Å². The molecule has 2 aromatic rings. The summed E-state index contributed by atoms with van der Waals surface area (Å²) in [7, 11) is 0. The zero-order valence-corrected chi connectivity index (χ0v) is 10.9. The van der Waals surface area contributed by atoms with E-state index >= 15 is 0 Å². The Balaban J connectivity index is 2.59. The minimum atomic E-state index is -0.913. The number of nitrogens with zero attached hydrogens (tertiary/aromatic N) is 4.